The number of aryl methyl sites for hydroxylation is 3. The number of anilines is 1. The Kier molecular flexibility index (Phi) is 6.30. The molecular weight excluding hydrogens is 412 g/mol. The van der Waals surface area contributed by atoms with Gasteiger partial charge >= 0.3 is 0 Å². The first-order valence-electron chi connectivity index (χ1n) is 9.31. The minimum Gasteiger partial charge on any atom is -0.331 e. The molecule has 2 aromatic heterocycles. The summed E-state index contributed by atoms with van der Waals surface area (Å²) in [4.78, 5) is 16.9. The Bertz CT molecular complexity index is 1130. The van der Waals surface area contributed by atoms with Gasteiger partial charge in [0.05, 0.1) is 15.9 Å². The van der Waals surface area contributed by atoms with Gasteiger partial charge in [-0.15, -0.1) is 10.2 Å². The van der Waals surface area contributed by atoms with E-state index in [0.717, 1.165) is 10.5 Å². The van der Waals surface area contributed by atoms with E-state index in [1.807, 2.05) is 32.4 Å². The van der Waals surface area contributed by atoms with Gasteiger partial charge in [0.2, 0.25) is 21.1 Å². The Morgan fingerprint density at radius 3 is 2.59 bits per heavy atom. The zero-order valence-corrected chi connectivity index (χ0v) is 18.5. The van der Waals surface area contributed by atoms with Crippen LogP contribution >= 0.6 is 11.3 Å². The lowest BCUT2D eigenvalue weighted by atomic mass is 10.3. The van der Waals surface area contributed by atoms with Gasteiger partial charge in [-0.3, -0.25) is 4.79 Å². The molecule has 3 rings (SSSR count). The fourth-order valence-electron chi connectivity index (χ4n) is 3.08. The van der Waals surface area contributed by atoms with Crippen LogP contribution in [-0.2, 0) is 28.3 Å². The lowest BCUT2D eigenvalue weighted by molar-refractivity contribution is -0.116. The van der Waals surface area contributed by atoms with Gasteiger partial charge in [-0.25, -0.2) is 13.4 Å². The highest BCUT2D eigenvalue weighted by Gasteiger charge is 2.22. The first kappa shape index (κ1) is 21.3. The smallest absolute Gasteiger partial charge is 0.243 e. The number of nitrogens with zero attached hydrogens (tertiary/aromatic N) is 5. The first-order chi connectivity index (χ1) is 13.8. The van der Waals surface area contributed by atoms with Crippen molar-refractivity contribution in [1.82, 2.24) is 24.1 Å². The molecule has 1 amide bonds. The molecule has 0 aliphatic heterocycles. The maximum atomic E-state index is 12.7. The molecule has 9 nitrogen and oxygen atoms in total. The van der Waals surface area contributed by atoms with Crippen LogP contribution in [0.4, 0.5) is 5.13 Å². The van der Waals surface area contributed by atoms with Gasteiger partial charge in [0.1, 0.15) is 10.8 Å². The van der Waals surface area contributed by atoms with Gasteiger partial charge in [-0.05, 0) is 25.1 Å². The van der Waals surface area contributed by atoms with Crippen LogP contribution in [0.3, 0.4) is 0 Å². The Labute approximate surface area is 173 Å². The van der Waals surface area contributed by atoms with Crippen molar-refractivity contribution in [2.45, 2.75) is 38.5 Å². The lowest BCUT2D eigenvalue weighted by Crippen LogP contribution is -2.30. The molecule has 0 saturated carbocycles. The summed E-state index contributed by atoms with van der Waals surface area (Å²) in [5.74, 6) is 0.541. The number of carbonyl (C=O) groups excluding carboxylic acids is 1. The number of sulfonamides is 1. The summed E-state index contributed by atoms with van der Waals surface area (Å²) in [6.07, 6.45) is 0.660. The summed E-state index contributed by atoms with van der Waals surface area (Å²) in [6, 6.07) is 4.95. The Balaban J connectivity index is 1.78. The molecule has 1 aromatic carbocycles. The van der Waals surface area contributed by atoms with Crippen molar-refractivity contribution in [3.05, 3.63) is 29.0 Å². The maximum absolute atomic E-state index is 12.7. The summed E-state index contributed by atoms with van der Waals surface area (Å²) in [5, 5.41) is 11.7. The number of imidazole rings is 1. The number of carbonyl (C=O) groups is 1. The second-order valence-electron chi connectivity index (χ2n) is 6.50. The van der Waals surface area contributed by atoms with Crippen molar-refractivity contribution in [3.63, 3.8) is 0 Å². The molecule has 0 saturated heterocycles. The Morgan fingerprint density at radius 2 is 1.97 bits per heavy atom. The highest BCUT2D eigenvalue weighted by Crippen LogP contribution is 2.23. The van der Waals surface area contributed by atoms with Crippen LogP contribution in [0, 0.1) is 6.92 Å². The van der Waals surface area contributed by atoms with E-state index in [4.69, 9.17) is 0 Å². The summed E-state index contributed by atoms with van der Waals surface area (Å²) < 4.78 is 28.8. The van der Waals surface area contributed by atoms with Gasteiger partial charge < -0.3 is 9.88 Å². The highest BCUT2D eigenvalue weighted by molar-refractivity contribution is 7.89. The van der Waals surface area contributed by atoms with Gasteiger partial charge in [0.25, 0.3) is 0 Å². The van der Waals surface area contributed by atoms with Crippen LogP contribution < -0.4 is 5.32 Å². The third-order valence-corrected chi connectivity index (χ3v) is 7.44. The lowest BCUT2D eigenvalue weighted by Gasteiger charge is -2.18. The second-order valence-corrected chi connectivity index (χ2v) is 9.62. The molecule has 1 N–H and O–H groups in total. The summed E-state index contributed by atoms with van der Waals surface area (Å²) >= 11 is 1.32. The predicted molar refractivity (Wildman–Crippen MR) is 112 cm³/mol. The fraction of sp³-hybridized carbons (Fsp3) is 0.444. The molecule has 0 atom stereocenters. The molecular formula is C18H24N6O3S2. The van der Waals surface area contributed by atoms with Crippen molar-refractivity contribution >= 4 is 43.4 Å². The molecule has 0 aliphatic carbocycles. The number of benzene rings is 1. The number of amides is 1. The Morgan fingerprint density at radius 1 is 1.24 bits per heavy atom. The van der Waals surface area contributed by atoms with Crippen LogP contribution in [0.1, 0.15) is 31.1 Å². The van der Waals surface area contributed by atoms with E-state index in [2.05, 4.69) is 20.5 Å². The largest absolute Gasteiger partial charge is 0.331 e. The van der Waals surface area contributed by atoms with Crippen LogP contribution in [0.15, 0.2) is 23.1 Å². The predicted octanol–water partition coefficient (Wildman–Crippen LogP) is 2.34. The van der Waals surface area contributed by atoms with Crippen molar-refractivity contribution in [3.8, 4) is 0 Å². The number of nitrogens with one attached hydrogen (secondary N) is 1. The standard InChI is InChI=1S/C18H24N6O3S2/c1-5-24(6-2)29(26,27)13-7-8-15-14(11-13)19-16(23(15)4)9-10-17(25)20-18-22-21-12(3)28-18/h7-8,11H,5-6,9-10H2,1-4H3,(H,20,22,25). The maximum Gasteiger partial charge on any atom is 0.243 e. The molecule has 0 aliphatic rings. The molecule has 29 heavy (non-hydrogen) atoms. The quantitative estimate of drug-likeness (QED) is 0.580. The fourth-order valence-corrected chi connectivity index (χ4v) is 5.17. The molecule has 11 heteroatoms. The number of fused-ring (bicyclic) bond motifs is 1. The van der Waals surface area contributed by atoms with Crippen LogP contribution in [0.2, 0.25) is 0 Å². The minimum atomic E-state index is -3.55. The highest BCUT2D eigenvalue weighted by atomic mass is 32.2. The number of hydrogen-bond donors (Lipinski definition) is 1. The van der Waals surface area contributed by atoms with Crippen molar-refractivity contribution in [2.24, 2.45) is 7.05 Å². The number of aromatic nitrogens is 4. The molecule has 0 radical (unpaired) electrons. The van der Waals surface area contributed by atoms with E-state index in [1.54, 1.807) is 18.2 Å². The molecule has 3 aromatic rings. The molecule has 0 spiro atoms. The SMILES string of the molecule is CCN(CC)S(=O)(=O)c1ccc2c(c1)nc(CCC(=O)Nc1nnc(C)s1)n2C. The number of rotatable bonds is 8. The average Bonchev–Trinajstić information content (AvgIpc) is 3.23. The number of hydrogen-bond acceptors (Lipinski definition) is 7. The zero-order valence-electron chi connectivity index (χ0n) is 16.8. The average molecular weight is 437 g/mol. The van der Waals surface area contributed by atoms with Gasteiger partial charge in [-0.2, -0.15) is 4.31 Å². The summed E-state index contributed by atoms with van der Waals surface area (Å²) in [6.45, 7) is 6.27. The first-order valence-corrected chi connectivity index (χ1v) is 11.6. The normalized spacial score (nSPS) is 12.0. The third kappa shape index (κ3) is 4.46. The molecule has 0 unspecified atom stereocenters. The molecule has 156 valence electrons. The third-order valence-electron chi connectivity index (χ3n) is 4.64. The van der Waals surface area contributed by atoms with E-state index in [-0.39, 0.29) is 17.2 Å². The van der Waals surface area contributed by atoms with E-state index in [0.29, 0.717) is 36.0 Å². The summed E-state index contributed by atoms with van der Waals surface area (Å²) in [5.41, 5.74) is 1.41. The van der Waals surface area contributed by atoms with Crippen molar-refractivity contribution in [2.75, 3.05) is 18.4 Å². The van der Waals surface area contributed by atoms with E-state index >= 15 is 0 Å². The van der Waals surface area contributed by atoms with Crippen LogP contribution in [0.5, 0.6) is 0 Å². The van der Waals surface area contributed by atoms with Gasteiger partial charge in [0, 0.05) is 33.0 Å². The minimum absolute atomic E-state index is 0.169. The van der Waals surface area contributed by atoms with Gasteiger partial charge in [0.15, 0.2) is 0 Å². The second kappa shape index (κ2) is 8.56. The van der Waals surface area contributed by atoms with Crippen molar-refractivity contribution < 1.29 is 13.2 Å². The monoisotopic (exact) mass is 436 g/mol. The van der Waals surface area contributed by atoms with E-state index < -0.39 is 10.0 Å². The van der Waals surface area contributed by atoms with Gasteiger partial charge in [-0.1, -0.05) is 25.2 Å². The topological polar surface area (TPSA) is 110 Å². The van der Waals surface area contributed by atoms with E-state index in [9.17, 15) is 13.2 Å². The van der Waals surface area contributed by atoms with Crippen molar-refractivity contribution in [1.29, 1.82) is 0 Å². The summed E-state index contributed by atoms with van der Waals surface area (Å²) in [7, 11) is -1.69. The van der Waals surface area contributed by atoms with E-state index in [1.165, 1.54) is 15.6 Å². The molecule has 2 heterocycles. The van der Waals surface area contributed by atoms with Crippen LogP contribution in [-0.4, -0.2) is 51.5 Å². The Hall–Kier alpha value is -2.37. The van der Waals surface area contributed by atoms with Crippen LogP contribution in [0.25, 0.3) is 11.0 Å². The molecule has 0 fully saturated rings. The zero-order chi connectivity index (χ0) is 21.2. The molecule has 0 bridgehead atoms.